The van der Waals surface area contributed by atoms with Gasteiger partial charge in [0.1, 0.15) is 18.2 Å². The summed E-state index contributed by atoms with van der Waals surface area (Å²) >= 11 is 3.49. The Bertz CT molecular complexity index is 944. The highest BCUT2D eigenvalue weighted by Gasteiger charge is 2.18. The summed E-state index contributed by atoms with van der Waals surface area (Å²) in [7, 11) is 1.65. The fourth-order valence-corrected chi connectivity index (χ4v) is 3.61. The van der Waals surface area contributed by atoms with E-state index < -0.39 is 0 Å². The number of aromatic nitrogens is 2. The van der Waals surface area contributed by atoms with Gasteiger partial charge in [-0.1, -0.05) is 22.0 Å². The van der Waals surface area contributed by atoms with Crippen LogP contribution >= 0.6 is 15.9 Å². The van der Waals surface area contributed by atoms with E-state index in [1.54, 1.807) is 13.4 Å². The van der Waals surface area contributed by atoms with Crippen molar-refractivity contribution >= 4 is 38.3 Å². The van der Waals surface area contributed by atoms with Gasteiger partial charge in [-0.15, -0.1) is 0 Å². The number of hydrogen-bond donors (Lipinski definition) is 2. The molecule has 3 aromatic rings. The topological polar surface area (TPSA) is 68.3 Å². The zero-order valence-electron chi connectivity index (χ0n) is 15.0. The van der Waals surface area contributed by atoms with Crippen molar-refractivity contribution in [3.05, 3.63) is 47.2 Å². The lowest BCUT2D eigenvalue weighted by atomic mass is 10.1. The third kappa shape index (κ3) is 4.14. The molecule has 1 aliphatic heterocycles. The molecule has 27 heavy (non-hydrogen) atoms. The van der Waals surface area contributed by atoms with Crippen LogP contribution in [0.25, 0.3) is 10.9 Å². The van der Waals surface area contributed by atoms with Crippen LogP contribution in [0.5, 0.6) is 11.5 Å². The largest absolute Gasteiger partial charge is 0.493 e. The van der Waals surface area contributed by atoms with Crippen molar-refractivity contribution in [2.75, 3.05) is 25.5 Å². The quantitative estimate of drug-likeness (QED) is 0.631. The SMILES string of the molecule is COc1cc2c(Nc3cccc(Br)c3)ncnc2cc1OC1CCNCC1. The molecule has 4 rings (SSSR count). The van der Waals surface area contributed by atoms with Gasteiger partial charge in [0.05, 0.1) is 12.6 Å². The third-order valence-electron chi connectivity index (χ3n) is 4.59. The van der Waals surface area contributed by atoms with Crippen molar-refractivity contribution in [1.29, 1.82) is 0 Å². The highest BCUT2D eigenvalue weighted by Crippen LogP contribution is 2.36. The minimum atomic E-state index is 0.193. The Labute approximate surface area is 166 Å². The minimum Gasteiger partial charge on any atom is -0.493 e. The van der Waals surface area contributed by atoms with E-state index in [1.165, 1.54) is 0 Å². The number of anilines is 2. The Morgan fingerprint density at radius 3 is 2.74 bits per heavy atom. The number of fused-ring (bicyclic) bond motifs is 1. The van der Waals surface area contributed by atoms with Crippen LogP contribution < -0.4 is 20.1 Å². The standard InChI is InChI=1S/C20H21BrN4O2/c1-26-18-10-16-17(11-19(18)27-15-5-7-22-8-6-15)23-12-24-20(16)25-14-4-2-3-13(21)9-14/h2-4,9-12,15,22H,5-8H2,1H3,(H,23,24,25). The van der Waals surface area contributed by atoms with Gasteiger partial charge in [0, 0.05) is 21.6 Å². The Balaban J connectivity index is 1.68. The van der Waals surface area contributed by atoms with Gasteiger partial charge in [0.2, 0.25) is 0 Å². The highest BCUT2D eigenvalue weighted by molar-refractivity contribution is 9.10. The van der Waals surface area contributed by atoms with Crippen LogP contribution in [-0.4, -0.2) is 36.3 Å². The van der Waals surface area contributed by atoms with E-state index in [-0.39, 0.29) is 6.10 Å². The number of rotatable bonds is 5. The number of nitrogens with zero attached hydrogens (tertiary/aromatic N) is 2. The molecule has 1 aromatic heterocycles. The molecule has 0 radical (unpaired) electrons. The summed E-state index contributed by atoms with van der Waals surface area (Å²) in [6, 6.07) is 11.8. The van der Waals surface area contributed by atoms with Gasteiger partial charge in [-0.05, 0) is 50.2 Å². The van der Waals surface area contributed by atoms with E-state index in [2.05, 4.69) is 36.5 Å². The molecule has 0 bridgehead atoms. The normalized spacial score (nSPS) is 14.9. The zero-order chi connectivity index (χ0) is 18.6. The fraction of sp³-hybridized carbons (Fsp3) is 0.300. The average molecular weight is 429 g/mol. The lowest BCUT2D eigenvalue weighted by Crippen LogP contribution is -2.34. The molecule has 2 aromatic carbocycles. The van der Waals surface area contributed by atoms with Gasteiger partial charge < -0.3 is 20.1 Å². The second-order valence-corrected chi connectivity index (χ2v) is 7.36. The van der Waals surface area contributed by atoms with Crippen LogP contribution in [0.15, 0.2) is 47.2 Å². The molecular formula is C20H21BrN4O2. The minimum absolute atomic E-state index is 0.193. The summed E-state index contributed by atoms with van der Waals surface area (Å²) in [5, 5.41) is 7.59. The van der Waals surface area contributed by atoms with Crippen LogP contribution in [0, 0.1) is 0 Å². The second-order valence-electron chi connectivity index (χ2n) is 6.45. The Hall–Kier alpha value is -2.38. The molecule has 0 spiro atoms. The van der Waals surface area contributed by atoms with Crippen molar-refractivity contribution in [2.45, 2.75) is 18.9 Å². The number of hydrogen-bond acceptors (Lipinski definition) is 6. The van der Waals surface area contributed by atoms with Crippen molar-refractivity contribution in [3.63, 3.8) is 0 Å². The smallest absolute Gasteiger partial charge is 0.163 e. The van der Waals surface area contributed by atoms with Crippen molar-refractivity contribution in [1.82, 2.24) is 15.3 Å². The number of benzene rings is 2. The van der Waals surface area contributed by atoms with E-state index in [0.717, 1.165) is 58.6 Å². The first-order valence-electron chi connectivity index (χ1n) is 8.95. The molecule has 1 aliphatic rings. The Kier molecular flexibility index (Phi) is 5.40. The van der Waals surface area contributed by atoms with E-state index >= 15 is 0 Å². The van der Waals surface area contributed by atoms with Gasteiger partial charge in [0.15, 0.2) is 11.5 Å². The number of nitrogens with one attached hydrogen (secondary N) is 2. The van der Waals surface area contributed by atoms with Crippen LogP contribution in [0.2, 0.25) is 0 Å². The molecule has 1 fully saturated rings. The maximum Gasteiger partial charge on any atom is 0.163 e. The molecule has 0 amide bonds. The van der Waals surface area contributed by atoms with E-state index in [4.69, 9.17) is 9.47 Å². The van der Waals surface area contributed by atoms with Crippen molar-refractivity contribution in [2.24, 2.45) is 0 Å². The Morgan fingerprint density at radius 2 is 1.96 bits per heavy atom. The third-order valence-corrected chi connectivity index (χ3v) is 5.08. The summed E-state index contributed by atoms with van der Waals surface area (Å²) in [5.41, 5.74) is 1.76. The lowest BCUT2D eigenvalue weighted by molar-refractivity contribution is 0.157. The maximum atomic E-state index is 6.21. The molecule has 0 aliphatic carbocycles. The lowest BCUT2D eigenvalue weighted by Gasteiger charge is -2.25. The molecule has 7 heteroatoms. The van der Waals surface area contributed by atoms with Gasteiger partial charge in [-0.3, -0.25) is 0 Å². The number of ether oxygens (including phenoxy) is 2. The van der Waals surface area contributed by atoms with Crippen LogP contribution in [0.3, 0.4) is 0 Å². The summed E-state index contributed by atoms with van der Waals surface area (Å²) < 4.78 is 12.8. The summed E-state index contributed by atoms with van der Waals surface area (Å²) in [6.07, 6.45) is 3.73. The van der Waals surface area contributed by atoms with E-state index in [9.17, 15) is 0 Å². The van der Waals surface area contributed by atoms with Crippen LogP contribution in [-0.2, 0) is 0 Å². The predicted molar refractivity (Wildman–Crippen MR) is 110 cm³/mol. The monoisotopic (exact) mass is 428 g/mol. The second kappa shape index (κ2) is 8.10. The van der Waals surface area contributed by atoms with Crippen LogP contribution in [0.1, 0.15) is 12.8 Å². The number of methoxy groups -OCH3 is 1. The summed E-state index contributed by atoms with van der Waals surface area (Å²) in [6.45, 7) is 1.95. The van der Waals surface area contributed by atoms with Crippen molar-refractivity contribution in [3.8, 4) is 11.5 Å². The maximum absolute atomic E-state index is 6.21. The molecule has 0 atom stereocenters. The molecule has 0 saturated carbocycles. The molecule has 2 heterocycles. The molecule has 140 valence electrons. The number of halogens is 1. The molecule has 0 unspecified atom stereocenters. The Morgan fingerprint density at radius 1 is 1.11 bits per heavy atom. The van der Waals surface area contributed by atoms with E-state index in [1.807, 2.05) is 36.4 Å². The zero-order valence-corrected chi connectivity index (χ0v) is 16.6. The first kappa shape index (κ1) is 18.0. The van der Waals surface area contributed by atoms with Gasteiger partial charge >= 0.3 is 0 Å². The van der Waals surface area contributed by atoms with E-state index in [0.29, 0.717) is 5.75 Å². The van der Waals surface area contributed by atoms with Gasteiger partial charge in [0.25, 0.3) is 0 Å². The molecule has 1 saturated heterocycles. The first-order chi connectivity index (χ1) is 13.2. The van der Waals surface area contributed by atoms with Gasteiger partial charge in [-0.25, -0.2) is 9.97 Å². The molecule has 2 N–H and O–H groups in total. The number of piperidine rings is 1. The van der Waals surface area contributed by atoms with Gasteiger partial charge in [-0.2, -0.15) is 0 Å². The molecular weight excluding hydrogens is 408 g/mol. The summed E-state index contributed by atoms with van der Waals surface area (Å²) in [4.78, 5) is 8.83. The van der Waals surface area contributed by atoms with Crippen molar-refractivity contribution < 1.29 is 9.47 Å². The fourth-order valence-electron chi connectivity index (χ4n) is 3.21. The average Bonchev–Trinajstić information content (AvgIpc) is 2.68. The highest BCUT2D eigenvalue weighted by atomic mass is 79.9. The molecule has 6 nitrogen and oxygen atoms in total. The summed E-state index contributed by atoms with van der Waals surface area (Å²) in [5.74, 6) is 2.14. The van der Waals surface area contributed by atoms with Crippen LogP contribution in [0.4, 0.5) is 11.5 Å². The first-order valence-corrected chi connectivity index (χ1v) is 9.75. The predicted octanol–water partition coefficient (Wildman–Crippen LogP) is 4.28.